The predicted octanol–water partition coefficient (Wildman–Crippen LogP) is 4.27. The lowest BCUT2D eigenvalue weighted by atomic mass is 10.1. The van der Waals surface area contributed by atoms with Gasteiger partial charge in [0, 0.05) is 31.0 Å². The Labute approximate surface area is 154 Å². The summed E-state index contributed by atoms with van der Waals surface area (Å²) in [5.74, 6) is -1.98. The van der Waals surface area contributed by atoms with E-state index in [1.807, 2.05) is 30.3 Å². The molecule has 0 spiro atoms. The third kappa shape index (κ3) is 4.27. The zero-order valence-electron chi connectivity index (χ0n) is 13.3. The van der Waals surface area contributed by atoms with E-state index < -0.39 is 22.8 Å². The topological polar surface area (TPSA) is 15.3 Å². The Morgan fingerprint density at radius 1 is 1.16 bits per heavy atom. The van der Waals surface area contributed by atoms with Gasteiger partial charge < -0.3 is 10.2 Å². The first-order valence-corrected chi connectivity index (χ1v) is 9.36. The minimum absolute atomic E-state index is 0.142. The lowest BCUT2D eigenvalue weighted by Crippen LogP contribution is -2.40. The molecule has 0 amide bonds. The first kappa shape index (κ1) is 18.1. The van der Waals surface area contributed by atoms with Gasteiger partial charge in [-0.05, 0) is 24.2 Å². The lowest BCUT2D eigenvalue weighted by Gasteiger charge is -2.27. The molecule has 2 aromatic carbocycles. The number of nitrogens with zero attached hydrogens (tertiary/aromatic N) is 1. The summed E-state index contributed by atoms with van der Waals surface area (Å²) < 4.78 is 41.3. The molecule has 1 saturated heterocycles. The summed E-state index contributed by atoms with van der Waals surface area (Å²) in [5.41, 5.74) is 1.04. The Morgan fingerprint density at radius 2 is 1.84 bits per heavy atom. The molecular weight excluding hydrogens is 365 g/mol. The summed E-state index contributed by atoms with van der Waals surface area (Å²) in [5, 5.41) is 3.02. The van der Waals surface area contributed by atoms with Crippen LogP contribution in [0, 0.1) is 17.5 Å². The van der Waals surface area contributed by atoms with Gasteiger partial charge in [0.05, 0.1) is 5.56 Å². The van der Waals surface area contributed by atoms with Crippen molar-refractivity contribution < 1.29 is 13.2 Å². The maximum absolute atomic E-state index is 14.1. The first-order chi connectivity index (χ1) is 12.1. The molecule has 2 nitrogen and oxygen atoms in total. The van der Waals surface area contributed by atoms with Gasteiger partial charge in [-0.3, -0.25) is 0 Å². The largest absolute Gasteiger partial charge is 0.362 e. The highest BCUT2D eigenvalue weighted by molar-refractivity contribution is 7.99. The molecule has 1 heterocycles. The minimum Gasteiger partial charge on any atom is -0.362 e. The van der Waals surface area contributed by atoms with E-state index in [4.69, 9.17) is 12.2 Å². The quantitative estimate of drug-likeness (QED) is 0.794. The molecule has 1 aliphatic rings. The van der Waals surface area contributed by atoms with Crippen LogP contribution >= 0.6 is 24.0 Å². The van der Waals surface area contributed by atoms with E-state index in [1.165, 1.54) is 17.3 Å². The Kier molecular flexibility index (Phi) is 5.86. The Bertz CT molecular complexity index is 732. The number of halogens is 3. The number of rotatable bonds is 4. The second kappa shape index (κ2) is 8.10. The summed E-state index contributed by atoms with van der Waals surface area (Å²) in [7, 11) is 0. The van der Waals surface area contributed by atoms with Crippen molar-refractivity contribution in [1.82, 2.24) is 10.2 Å². The summed E-state index contributed by atoms with van der Waals surface area (Å²) in [6.07, 6.45) is 0.798. The third-order valence-corrected chi connectivity index (χ3v) is 5.58. The average molecular weight is 382 g/mol. The van der Waals surface area contributed by atoms with Crippen LogP contribution in [-0.2, 0) is 6.42 Å². The monoisotopic (exact) mass is 382 g/mol. The van der Waals surface area contributed by atoms with Gasteiger partial charge in [0.25, 0.3) is 0 Å². The highest BCUT2D eigenvalue weighted by Crippen LogP contribution is 2.40. The highest BCUT2D eigenvalue weighted by atomic mass is 32.2. The van der Waals surface area contributed by atoms with E-state index in [1.54, 1.807) is 4.90 Å². The first-order valence-electron chi connectivity index (χ1n) is 7.90. The van der Waals surface area contributed by atoms with Gasteiger partial charge in [-0.1, -0.05) is 30.3 Å². The van der Waals surface area contributed by atoms with Crippen molar-refractivity contribution in [2.24, 2.45) is 0 Å². The molecule has 0 aromatic heterocycles. The van der Waals surface area contributed by atoms with Crippen LogP contribution in [0.4, 0.5) is 13.2 Å². The molecular formula is C18H17F3N2S2. The lowest BCUT2D eigenvalue weighted by molar-refractivity contribution is 0.411. The SMILES string of the molecule is Fc1cc(F)c(C2SCCN2C(=S)NCCc2ccccc2)c(F)c1. The van der Waals surface area contributed by atoms with Crippen LogP contribution < -0.4 is 5.32 Å². The van der Waals surface area contributed by atoms with Gasteiger partial charge in [0.15, 0.2) is 5.11 Å². The fraction of sp³-hybridized carbons (Fsp3) is 0.278. The molecule has 0 bridgehead atoms. The summed E-state index contributed by atoms with van der Waals surface area (Å²) in [6.45, 7) is 1.22. The maximum atomic E-state index is 14.1. The maximum Gasteiger partial charge on any atom is 0.170 e. The normalized spacial score (nSPS) is 16.9. The van der Waals surface area contributed by atoms with Crippen molar-refractivity contribution in [3.05, 3.63) is 71.0 Å². The van der Waals surface area contributed by atoms with Gasteiger partial charge in [0.2, 0.25) is 0 Å². The standard InChI is InChI=1S/C18H17F3N2S2/c19-13-10-14(20)16(15(21)11-13)17-23(8-9-25-17)18(24)22-7-6-12-4-2-1-3-5-12/h1-5,10-11,17H,6-9H2,(H,22,24). The number of benzene rings is 2. The van der Waals surface area contributed by atoms with Gasteiger partial charge in [-0.2, -0.15) is 0 Å². The second-order valence-corrected chi connectivity index (χ2v) is 7.24. The molecule has 1 unspecified atom stereocenters. The Balaban J connectivity index is 1.66. The van der Waals surface area contributed by atoms with Crippen molar-refractivity contribution in [2.45, 2.75) is 11.8 Å². The highest BCUT2D eigenvalue weighted by Gasteiger charge is 2.33. The molecule has 2 aromatic rings. The fourth-order valence-corrected chi connectivity index (χ4v) is 4.44. The van der Waals surface area contributed by atoms with Gasteiger partial charge in [0.1, 0.15) is 22.8 Å². The van der Waals surface area contributed by atoms with Gasteiger partial charge >= 0.3 is 0 Å². The molecule has 0 radical (unpaired) electrons. The molecule has 25 heavy (non-hydrogen) atoms. The van der Waals surface area contributed by atoms with Gasteiger partial charge in [-0.15, -0.1) is 11.8 Å². The van der Waals surface area contributed by atoms with E-state index in [0.29, 0.717) is 36.1 Å². The minimum atomic E-state index is -0.920. The summed E-state index contributed by atoms with van der Waals surface area (Å²) >= 11 is 6.79. The molecule has 1 N–H and O–H groups in total. The van der Waals surface area contributed by atoms with Crippen molar-refractivity contribution in [3.63, 3.8) is 0 Å². The number of hydrogen-bond donors (Lipinski definition) is 1. The smallest absolute Gasteiger partial charge is 0.170 e. The van der Waals surface area contributed by atoms with Crippen LogP contribution in [-0.4, -0.2) is 28.9 Å². The zero-order chi connectivity index (χ0) is 17.8. The molecule has 1 aliphatic heterocycles. The Hall–Kier alpha value is -1.73. The molecule has 0 saturated carbocycles. The van der Waals surface area contributed by atoms with Crippen molar-refractivity contribution in [1.29, 1.82) is 0 Å². The van der Waals surface area contributed by atoms with Crippen molar-refractivity contribution in [3.8, 4) is 0 Å². The number of thioether (sulfide) groups is 1. The predicted molar refractivity (Wildman–Crippen MR) is 99.0 cm³/mol. The fourth-order valence-electron chi connectivity index (χ4n) is 2.77. The second-order valence-electron chi connectivity index (χ2n) is 5.67. The van der Waals surface area contributed by atoms with Gasteiger partial charge in [-0.25, -0.2) is 13.2 Å². The molecule has 0 aliphatic carbocycles. The van der Waals surface area contributed by atoms with Crippen LogP contribution in [0.2, 0.25) is 0 Å². The molecule has 7 heteroatoms. The van der Waals surface area contributed by atoms with E-state index in [2.05, 4.69) is 5.32 Å². The van der Waals surface area contributed by atoms with Crippen LogP contribution in [0.15, 0.2) is 42.5 Å². The number of nitrogens with one attached hydrogen (secondary N) is 1. The van der Waals surface area contributed by atoms with Crippen LogP contribution in [0.25, 0.3) is 0 Å². The van der Waals surface area contributed by atoms with E-state index in [9.17, 15) is 13.2 Å². The number of thiocarbonyl (C=S) groups is 1. The van der Waals surface area contributed by atoms with Crippen molar-refractivity contribution in [2.75, 3.05) is 18.8 Å². The molecule has 3 rings (SSSR count). The van der Waals surface area contributed by atoms with E-state index >= 15 is 0 Å². The molecule has 132 valence electrons. The zero-order valence-corrected chi connectivity index (χ0v) is 15.0. The third-order valence-electron chi connectivity index (χ3n) is 3.98. The van der Waals surface area contributed by atoms with Crippen LogP contribution in [0.5, 0.6) is 0 Å². The van der Waals surface area contributed by atoms with Crippen molar-refractivity contribution >= 4 is 29.1 Å². The number of hydrogen-bond acceptors (Lipinski definition) is 2. The average Bonchev–Trinajstić information content (AvgIpc) is 3.04. The molecule has 1 atom stereocenters. The van der Waals surface area contributed by atoms with E-state index in [0.717, 1.165) is 6.42 Å². The van der Waals surface area contributed by atoms with E-state index in [-0.39, 0.29) is 5.56 Å². The Morgan fingerprint density at radius 3 is 2.52 bits per heavy atom. The van der Waals surface area contributed by atoms with Crippen LogP contribution in [0.1, 0.15) is 16.5 Å². The summed E-state index contributed by atoms with van der Waals surface area (Å²) in [6, 6.07) is 11.4. The van der Waals surface area contributed by atoms with Crippen LogP contribution in [0.3, 0.4) is 0 Å². The molecule has 1 fully saturated rings. The summed E-state index contributed by atoms with van der Waals surface area (Å²) in [4.78, 5) is 1.75.